The molecular weight excluding hydrogens is 576 g/mol. The second-order valence-electron chi connectivity index (χ2n) is 13.9. The number of carbonyl (C=O) groups excluding carboxylic acids is 4. The summed E-state index contributed by atoms with van der Waals surface area (Å²) in [6, 6.07) is 11.7. The molecule has 2 N–H and O–H groups in total. The van der Waals surface area contributed by atoms with Crippen LogP contribution in [0.1, 0.15) is 49.8 Å². The SMILES string of the molecule is COc1ccc2c3c1O[C@H]1C(=O)CC[C@H]4C5C2(C[C@]314)C[N@+]5(C)Cc1ccc(OC(=O)N(C)CCNC(=O)[C@H](C)NC(C)=O)cc1. The van der Waals surface area contributed by atoms with E-state index in [0.29, 0.717) is 24.1 Å². The van der Waals surface area contributed by atoms with Crippen molar-refractivity contribution >= 4 is 23.7 Å². The monoisotopic (exact) mass is 617 g/mol. The number of ether oxygens (including phenoxy) is 3. The van der Waals surface area contributed by atoms with E-state index in [9.17, 15) is 19.2 Å². The van der Waals surface area contributed by atoms with E-state index in [1.165, 1.54) is 28.5 Å². The zero-order valence-electron chi connectivity index (χ0n) is 26.5. The van der Waals surface area contributed by atoms with Crippen molar-refractivity contribution in [1.82, 2.24) is 15.5 Å². The van der Waals surface area contributed by atoms with Crippen LogP contribution in [0.5, 0.6) is 17.2 Å². The third-order valence-electron chi connectivity index (χ3n) is 11.1. The fourth-order valence-electron chi connectivity index (χ4n) is 9.78. The highest BCUT2D eigenvalue weighted by atomic mass is 16.6. The van der Waals surface area contributed by atoms with Crippen molar-refractivity contribution in [3.05, 3.63) is 53.1 Å². The number of amides is 3. The molecule has 3 amide bonds. The van der Waals surface area contributed by atoms with Crippen molar-refractivity contribution in [1.29, 1.82) is 0 Å². The zero-order valence-corrected chi connectivity index (χ0v) is 26.5. The van der Waals surface area contributed by atoms with Crippen LogP contribution in [-0.4, -0.2) is 92.1 Å². The number of methoxy groups -OCH3 is 1. The molecule has 11 nitrogen and oxygen atoms in total. The standard InChI is InChI=1S/C34H40N4O7/c1-19(36-20(2)39)31(41)35-14-15-37(3)32(42)44-22-8-6-21(7-9-22)16-38(4)18-33-17-34-24(29(33)38)10-12-25(40)30(34)45-28-26(43-5)13-11-23(33)27(28)34/h6-9,11,13,19,24,29-30H,10,12,14-18H2,1-5H3,(H-,35,36,39,41)/p+1/t19-,24-,29?,30-,33?,34-,38-/m0/s1. The Morgan fingerprint density at radius 2 is 1.93 bits per heavy atom. The van der Waals surface area contributed by atoms with Gasteiger partial charge in [0.15, 0.2) is 23.4 Å². The third kappa shape index (κ3) is 4.19. The van der Waals surface area contributed by atoms with E-state index in [2.05, 4.69) is 23.7 Å². The van der Waals surface area contributed by atoms with E-state index >= 15 is 0 Å². The number of nitrogens with one attached hydrogen (secondary N) is 2. The van der Waals surface area contributed by atoms with Gasteiger partial charge in [0.1, 0.15) is 24.4 Å². The van der Waals surface area contributed by atoms with Gasteiger partial charge in [0.05, 0.1) is 31.5 Å². The molecule has 2 spiro atoms. The molecule has 2 bridgehead atoms. The molecule has 2 aliphatic heterocycles. The first-order chi connectivity index (χ1) is 21.4. The topological polar surface area (TPSA) is 123 Å². The summed E-state index contributed by atoms with van der Waals surface area (Å²) in [7, 11) is 5.62. The van der Waals surface area contributed by atoms with Crippen molar-refractivity contribution in [2.24, 2.45) is 5.92 Å². The van der Waals surface area contributed by atoms with Crippen LogP contribution in [-0.2, 0) is 31.8 Å². The van der Waals surface area contributed by atoms with Gasteiger partial charge in [0.2, 0.25) is 11.8 Å². The first kappa shape index (κ1) is 29.6. The molecule has 7 rings (SSSR count). The third-order valence-corrected chi connectivity index (χ3v) is 11.1. The van der Waals surface area contributed by atoms with Crippen LogP contribution in [0, 0.1) is 5.92 Å². The van der Waals surface area contributed by atoms with E-state index < -0.39 is 18.2 Å². The maximum Gasteiger partial charge on any atom is 0.415 e. The Balaban J connectivity index is 1.00. The number of carbonyl (C=O) groups is 4. The minimum atomic E-state index is -0.651. The van der Waals surface area contributed by atoms with Gasteiger partial charge in [0, 0.05) is 50.5 Å². The Kier molecular flexibility index (Phi) is 6.71. The Bertz CT molecular complexity index is 1610. The molecule has 7 atom stereocenters. The van der Waals surface area contributed by atoms with Gasteiger partial charge in [-0.3, -0.25) is 14.4 Å². The Labute approximate surface area is 262 Å². The van der Waals surface area contributed by atoms with Crippen LogP contribution >= 0.6 is 0 Å². The fourth-order valence-corrected chi connectivity index (χ4v) is 9.78. The highest BCUT2D eigenvalue weighted by Gasteiger charge is 2.85. The molecular formula is C34H41N4O7+. The number of hydrogen-bond acceptors (Lipinski definition) is 7. The highest BCUT2D eigenvalue weighted by Crippen LogP contribution is 2.77. The first-order valence-electron chi connectivity index (χ1n) is 15.8. The molecule has 3 fully saturated rings. The number of likely N-dealkylation sites (N-methyl/N-ethyl adjacent to an activating group) is 2. The van der Waals surface area contributed by atoms with Crippen LogP contribution in [0.4, 0.5) is 4.79 Å². The summed E-state index contributed by atoms with van der Waals surface area (Å²) in [4.78, 5) is 50.5. The molecule has 238 valence electrons. The molecule has 0 aromatic heterocycles. The van der Waals surface area contributed by atoms with Gasteiger partial charge in [-0.15, -0.1) is 0 Å². The predicted octanol–water partition coefficient (Wildman–Crippen LogP) is 2.43. The molecule has 2 aromatic carbocycles. The van der Waals surface area contributed by atoms with Crippen LogP contribution in [0.25, 0.3) is 0 Å². The summed E-state index contributed by atoms with van der Waals surface area (Å²) in [5, 5.41) is 5.23. The van der Waals surface area contributed by atoms with E-state index in [4.69, 9.17) is 14.2 Å². The second kappa shape index (κ2) is 10.2. The number of likely N-dealkylation sites (tertiary alicyclic amines) is 1. The average molecular weight is 618 g/mol. The lowest BCUT2D eigenvalue weighted by Gasteiger charge is -2.62. The molecule has 5 aliphatic rings. The maximum absolute atomic E-state index is 13.2. The van der Waals surface area contributed by atoms with Crippen LogP contribution < -0.4 is 24.8 Å². The summed E-state index contributed by atoms with van der Waals surface area (Å²) in [6.45, 7) is 5.30. The van der Waals surface area contributed by atoms with E-state index in [-0.39, 0.29) is 41.5 Å². The zero-order chi connectivity index (χ0) is 31.9. The Morgan fingerprint density at radius 3 is 2.64 bits per heavy atom. The minimum absolute atomic E-state index is 0.0595. The van der Waals surface area contributed by atoms with Crippen molar-refractivity contribution in [2.45, 2.75) is 68.7 Å². The number of hydrogen-bond donors (Lipinski definition) is 2. The number of nitrogens with zero attached hydrogens (tertiary/aromatic N) is 2. The molecule has 2 heterocycles. The molecule has 1 saturated heterocycles. The quantitative estimate of drug-likeness (QED) is 0.415. The Morgan fingerprint density at radius 1 is 1.18 bits per heavy atom. The normalized spacial score (nSPS) is 31.6. The van der Waals surface area contributed by atoms with Gasteiger partial charge in [-0.2, -0.15) is 0 Å². The molecule has 3 aliphatic carbocycles. The van der Waals surface area contributed by atoms with Gasteiger partial charge in [0.25, 0.3) is 0 Å². The summed E-state index contributed by atoms with van der Waals surface area (Å²) in [6.07, 6.45) is 1.51. The van der Waals surface area contributed by atoms with E-state index in [1.807, 2.05) is 30.3 Å². The lowest BCUT2D eigenvalue weighted by Crippen LogP contribution is -2.77. The van der Waals surface area contributed by atoms with Crippen molar-refractivity contribution < 1.29 is 37.9 Å². The maximum atomic E-state index is 13.2. The summed E-state index contributed by atoms with van der Waals surface area (Å²) >= 11 is 0. The summed E-state index contributed by atoms with van der Waals surface area (Å²) < 4.78 is 18.6. The van der Waals surface area contributed by atoms with E-state index in [0.717, 1.165) is 41.9 Å². The minimum Gasteiger partial charge on any atom is -0.493 e. The van der Waals surface area contributed by atoms with Crippen molar-refractivity contribution in [2.75, 3.05) is 40.8 Å². The van der Waals surface area contributed by atoms with Gasteiger partial charge in [-0.1, -0.05) is 6.07 Å². The van der Waals surface area contributed by atoms with Gasteiger partial charge in [-0.05, 0) is 55.7 Å². The van der Waals surface area contributed by atoms with Crippen LogP contribution in [0.3, 0.4) is 0 Å². The highest BCUT2D eigenvalue weighted by molar-refractivity contribution is 5.90. The largest absolute Gasteiger partial charge is 0.493 e. The van der Waals surface area contributed by atoms with Crippen molar-refractivity contribution in [3.63, 3.8) is 0 Å². The first-order valence-corrected chi connectivity index (χ1v) is 15.8. The molecule has 2 aromatic rings. The Hall–Kier alpha value is -4.12. The molecule has 2 unspecified atom stereocenters. The fraction of sp³-hybridized carbons (Fsp3) is 0.529. The van der Waals surface area contributed by atoms with E-state index in [1.54, 1.807) is 21.1 Å². The number of Topliss-reactive ketones (excluding diaryl/α,β-unsaturated/α-hetero) is 1. The van der Waals surface area contributed by atoms with Gasteiger partial charge >= 0.3 is 6.09 Å². The average Bonchev–Trinajstić information content (AvgIpc) is 3.58. The molecule has 2 saturated carbocycles. The molecule has 11 heteroatoms. The lowest BCUT2D eigenvalue weighted by atomic mass is 9.57. The summed E-state index contributed by atoms with van der Waals surface area (Å²) in [5.41, 5.74) is 3.60. The number of benzene rings is 2. The van der Waals surface area contributed by atoms with Crippen molar-refractivity contribution in [3.8, 4) is 17.2 Å². The van der Waals surface area contributed by atoms with Gasteiger partial charge < -0.3 is 34.2 Å². The predicted molar refractivity (Wildman–Crippen MR) is 163 cm³/mol. The number of fused-ring (bicyclic) bond motifs is 1. The van der Waals surface area contributed by atoms with Gasteiger partial charge in [-0.25, -0.2) is 4.79 Å². The lowest BCUT2D eigenvalue weighted by molar-refractivity contribution is -0.999. The van der Waals surface area contributed by atoms with Crippen LogP contribution in [0.2, 0.25) is 0 Å². The molecule has 0 radical (unpaired) electrons. The molecule has 45 heavy (non-hydrogen) atoms. The second-order valence-corrected chi connectivity index (χ2v) is 13.9. The van der Waals surface area contributed by atoms with Crippen LogP contribution in [0.15, 0.2) is 36.4 Å². The number of quaternary nitrogens is 1. The smallest absolute Gasteiger partial charge is 0.415 e. The number of ketones is 1. The number of rotatable bonds is 9. The summed E-state index contributed by atoms with van der Waals surface area (Å²) in [5.74, 6) is 1.98.